The Bertz CT molecular complexity index is 709. The van der Waals surface area contributed by atoms with Crippen molar-refractivity contribution in [2.45, 2.75) is 5.09 Å². The van der Waals surface area contributed by atoms with Gasteiger partial charge in [0.15, 0.2) is 5.09 Å². The fourth-order valence-corrected chi connectivity index (χ4v) is 2.39. The zero-order chi connectivity index (χ0) is 12.4. The van der Waals surface area contributed by atoms with E-state index >= 15 is 0 Å². The van der Waals surface area contributed by atoms with Crippen LogP contribution < -0.4 is 4.72 Å². The number of nitrogens with zero attached hydrogens (tertiary/aromatic N) is 1. The molecule has 0 aliphatic carbocycles. The zero-order valence-corrected chi connectivity index (χ0v) is 10.1. The number of anilines is 1. The number of fused-ring (bicyclic) bond motifs is 1. The fraction of sp³-hybridized carbons (Fsp3) is 0. The molecule has 0 bridgehead atoms. The minimum Gasteiger partial charge on any atom is -0.456 e. The fourth-order valence-electron chi connectivity index (χ4n) is 1.76. The number of nitriles is 1. The lowest BCUT2D eigenvalue weighted by atomic mass is 10.2. The van der Waals surface area contributed by atoms with Crippen molar-refractivity contribution < 1.29 is 4.42 Å². The van der Waals surface area contributed by atoms with Crippen LogP contribution in [0.25, 0.3) is 10.9 Å². The topological polar surface area (TPSA) is 64.8 Å². The number of aromatic amines is 1. The first-order valence-corrected chi connectivity index (χ1v) is 6.16. The van der Waals surface area contributed by atoms with Gasteiger partial charge in [-0.1, -0.05) is 12.1 Å². The van der Waals surface area contributed by atoms with Crippen molar-refractivity contribution in [1.29, 1.82) is 5.26 Å². The Kier molecular flexibility index (Phi) is 2.71. The summed E-state index contributed by atoms with van der Waals surface area (Å²) in [7, 11) is 0. The molecule has 0 atom stereocenters. The predicted octanol–water partition coefficient (Wildman–Crippen LogP) is 3.75. The highest BCUT2D eigenvalue weighted by atomic mass is 32.2. The summed E-state index contributed by atoms with van der Waals surface area (Å²) in [6.07, 6.45) is 3.35. The maximum Gasteiger partial charge on any atom is 0.180 e. The number of hydrogen-bond acceptors (Lipinski definition) is 4. The Hall–Kier alpha value is -2.32. The molecule has 88 valence electrons. The molecule has 3 rings (SSSR count). The molecule has 0 spiro atoms. The van der Waals surface area contributed by atoms with E-state index in [1.54, 1.807) is 12.5 Å². The standard InChI is InChI=1S/C13H9N3OS/c14-7-9-8-15-13-10(9)3-1-4-11(13)16-18-12-5-2-6-17-12/h1-6,8,15-16H. The normalized spacial score (nSPS) is 10.4. The zero-order valence-electron chi connectivity index (χ0n) is 9.31. The molecule has 0 aliphatic rings. The van der Waals surface area contributed by atoms with Gasteiger partial charge in [-0.15, -0.1) is 0 Å². The third kappa shape index (κ3) is 1.83. The first kappa shape index (κ1) is 10.8. The van der Waals surface area contributed by atoms with Crippen LogP contribution in [0.4, 0.5) is 5.69 Å². The molecule has 18 heavy (non-hydrogen) atoms. The third-order valence-electron chi connectivity index (χ3n) is 2.59. The smallest absolute Gasteiger partial charge is 0.180 e. The van der Waals surface area contributed by atoms with Gasteiger partial charge in [-0.25, -0.2) is 0 Å². The lowest BCUT2D eigenvalue weighted by Crippen LogP contribution is -1.87. The molecule has 0 fully saturated rings. The van der Waals surface area contributed by atoms with Gasteiger partial charge in [0.05, 0.1) is 23.0 Å². The van der Waals surface area contributed by atoms with E-state index in [2.05, 4.69) is 15.8 Å². The molecule has 3 aromatic rings. The van der Waals surface area contributed by atoms with Crippen molar-refractivity contribution in [2.24, 2.45) is 0 Å². The van der Waals surface area contributed by atoms with Crippen LogP contribution in [0.15, 0.2) is 52.3 Å². The Labute approximate surface area is 108 Å². The van der Waals surface area contributed by atoms with Crippen molar-refractivity contribution in [3.05, 3.63) is 48.4 Å². The number of aromatic nitrogens is 1. The molecule has 0 saturated carbocycles. The molecule has 2 aromatic heterocycles. The Morgan fingerprint density at radius 1 is 1.28 bits per heavy atom. The second-order valence-electron chi connectivity index (χ2n) is 3.68. The van der Waals surface area contributed by atoms with Crippen LogP contribution in [0, 0.1) is 11.3 Å². The predicted molar refractivity (Wildman–Crippen MR) is 71.2 cm³/mol. The number of hydrogen-bond donors (Lipinski definition) is 2. The molecule has 0 amide bonds. The average Bonchev–Trinajstić information content (AvgIpc) is 3.05. The van der Waals surface area contributed by atoms with Gasteiger partial charge in [-0.3, -0.25) is 0 Å². The minimum absolute atomic E-state index is 0.650. The average molecular weight is 255 g/mol. The van der Waals surface area contributed by atoms with Crippen LogP contribution in [-0.2, 0) is 0 Å². The molecule has 1 aromatic carbocycles. The third-order valence-corrected chi connectivity index (χ3v) is 3.35. The monoisotopic (exact) mass is 255 g/mol. The summed E-state index contributed by atoms with van der Waals surface area (Å²) in [5, 5.41) is 10.7. The molecule has 0 unspecified atom stereocenters. The van der Waals surface area contributed by atoms with Crippen LogP contribution in [-0.4, -0.2) is 4.98 Å². The molecular formula is C13H9N3OS. The highest BCUT2D eigenvalue weighted by molar-refractivity contribution is 8.00. The quantitative estimate of drug-likeness (QED) is 0.699. The van der Waals surface area contributed by atoms with E-state index < -0.39 is 0 Å². The van der Waals surface area contributed by atoms with E-state index in [1.165, 1.54) is 11.9 Å². The number of rotatable bonds is 3. The van der Waals surface area contributed by atoms with Crippen LogP contribution in [0.2, 0.25) is 0 Å². The molecule has 2 heterocycles. The second-order valence-corrected chi connectivity index (χ2v) is 4.49. The lowest BCUT2D eigenvalue weighted by molar-refractivity contribution is 0.475. The van der Waals surface area contributed by atoms with Gasteiger partial charge in [0.1, 0.15) is 6.07 Å². The maximum atomic E-state index is 8.98. The molecule has 2 N–H and O–H groups in total. The van der Waals surface area contributed by atoms with Crippen molar-refractivity contribution >= 4 is 28.5 Å². The van der Waals surface area contributed by atoms with E-state index in [-0.39, 0.29) is 0 Å². The molecule has 4 nitrogen and oxygen atoms in total. The number of H-pyrrole nitrogens is 1. The molecule has 0 saturated heterocycles. The molecule has 0 aliphatic heterocycles. The van der Waals surface area contributed by atoms with E-state index in [9.17, 15) is 0 Å². The van der Waals surface area contributed by atoms with Crippen molar-refractivity contribution in [3.8, 4) is 6.07 Å². The summed E-state index contributed by atoms with van der Waals surface area (Å²) < 4.78 is 8.44. The van der Waals surface area contributed by atoms with Crippen LogP contribution in [0.1, 0.15) is 5.56 Å². The van der Waals surface area contributed by atoms with Gasteiger partial charge in [0.25, 0.3) is 0 Å². The lowest BCUT2D eigenvalue weighted by Gasteiger charge is -2.04. The van der Waals surface area contributed by atoms with Gasteiger partial charge >= 0.3 is 0 Å². The summed E-state index contributed by atoms with van der Waals surface area (Å²) in [6.45, 7) is 0. The molecule has 0 radical (unpaired) electrons. The van der Waals surface area contributed by atoms with Crippen molar-refractivity contribution in [2.75, 3.05) is 4.72 Å². The summed E-state index contributed by atoms with van der Waals surface area (Å²) in [4.78, 5) is 3.11. The number of furan rings is 1. The van der Waals surface area contributed by atoms with Gasteiger partial charge in [-0.2, -0.15) is 5.26 Å². The first-order valence-electron chi connectivity index (χ1n) is 5.35. The van der Waals surface area contributed by atoms with Gasteiger partial charge in [0.2, 0.25) is 0 Å². The SMILES string of the molecule is N#Cc1c[nH]c2c(NSc3ccco3)cccc12. The summed E-state index contributed by atoms with van der Waals surface area (Å²) in [5.41, 5.74) is 2.50. The molecule has 5 heteroatoms. The summed E-state index contributed by atoms with van der Waals surface area (Å²) in [6, 6.07) is 11.7. The largest absolute Gasteiger partial charge is 0.456 e. The summed E-state index contributed by atoms with van der Waals surface area (Å²) in [5.74, 6) is 0. The van der Waals surface area contributed by atoms with E-state index in [1.807, 2.05) is 30.3 Å². The minimum atomic E-state index is 0.650. The van der Waals surface area contributed by atoms with E-state index in [0.29, 0.717) is 5.56 Å². The highest BCUT2D eigenvalue weighted by Gasteiger charge is 2.07. The van der Waals surface area contributed by atoms with Crippen LogP contribution >= 0.6 is 11.9 Å². The highest BCUT2D eigenvalue weighted by Crippen LogP contribution is 2.28. The van der Waals surface area contributed by atoms with Crippen LogP contribution in [0.3, 0.4) is 0 Å². The van der Waals surface area contributed by atoms with Crippen molar-refractivity contribution in [3.63, 3.8) is 0 Å². The summed E-state index contributed by atoms with van der Waals surface area (Å²) >= 11 is 1.39. The first-order chi connectivity index (χ1) is 8.88. The Morgan fingerprint density at radius 2 is 2.22 bits per heavy atom. The van der Waals surface area contributed by atoms with Gasteiger partial charge < -0.3 is 14.1 Å². The van der Waals surface area contributed by atoms with E-state index in [0.717, 1.165) is 21.7 Å². The second kappa shape index (κ2) is 4.51. The number of para-hydroxylation sites is 1. The Balaban J connectivity index is 1.93. The number of nitrogens with one attached hydrogen (secondary N) is 2. The van der Waals surface area contributed by atoms with Crippen LogP contribution in [0.5, 0.6) is 0 Å². The van der Waals surface area contributed by atoms with Gasteiger partial charge in [-0.05, 0) is 18.2 Å². The Morgan fingerprint density at radius 3 is 3.00 bits per heavy atom. The van der Waals surface area contributed by atoms with E-state index in [4.69, 9.17) is 9.68 Å². The van der Waals surface area contributed by atoms with Crippen molar-refractivity contribution in [1.82, 2.24) is 4.98 Å². The van der Waals surface area contributed by atoms with Gasteiger partial charge in [0, 0.05) is 23.5 Å². The maximum absolute atomic E-state index is 8.98. The number of benzene rings is 1. The molecular weight excluding hydrogens is 246 g/mol.